The van der Waals surface area contributed by atoms with Crippen molar-refractivity contribution in [3.8, 4) is 11.1 Å². The van der Waals surface area contributed by atoms with Crippen LogP contribution in [0.2, 0.25) is 5.02 Å². The van der Waals surface area contributed by atoms with Crippen molar-refractivity contribution in [1.29, 1.82) is 0 Å². The molecule has 9 heteroatoms. The molecule has 0 fully saturated rings. The molecule has 7 nitrogen and oxygen atoms in total. The van der Waals surface area contributed by atoms with Crippen molar-refractivity contribution in [1.82, 2.24) is 5.32 Å². The largest absolute Gasteiger partial charge is 0.369 e. The van der Waals surface area contributed by atoms with Gasteiger partial charge in [0.2, 0.25) is 11.8 Å². The number of nitrogens with two attached hydrogens (primary N) is 1. The second-order valence-corrected chi connectivity index (χ2v) is 13.2. The second kappa shape index (κ2) is 15.5. The fourth-order valence-electron chi connectivity index (χ4n) is 6.51. The SMILES string of the molecule is CCCC(C(N)=O)C(CC(C)C)C(=O)NC1CN(c2ccccc2)c2ccccc2N(Cc2cccc(-c3ccc(F)c(Cl)c3)c2)C1=O. The summed E-state index contributed by atoms with van der Waals surface area (Å²) >= 11 is 6.09. The molecule has 3 atom stereocenters. The topological polar surface area (TPSA) is 95.7 Å². The molecule has 1 aliphatic heterocycles. The number of primary amides is 1. The van der Waals surface area contributed by atoms with Gasteiger partial charge in [-0.3, -0.25) is 14.4 Å². The van der Waals surface area contributed by atoms with E-state index < -0.39 is 29.6 Å². The summed E-state index contributed by atoms with van der Waals surface area (Å²) in [5.74, 6) is -2.81. The number of nitrogens with zero attached hydrogens (tertiary/aromatic N) is 2. The Hall–Kier alpha value is -4.69. The second-order valence-electron chi connectivity index (χ2n) is 12.8. The van der Waals surface area contributed by atoms with Crippen LogP contribution in [0.25, 0.3) is 11.1 Å². The maximum Gasteiger partial charge on any atom is 0.251 e. The standard InChI is InChI=1S/C39H42ClFN4O3/c1-4-11-30(37(42)46)31(20-25(2)3)38(47)43-34-24-44(29-14-6-5-7-15-29)35-16-8-9-17-36(35)45(39(34)48)23-26-12-10-13-27(21-26)28-18-19-33(41)32(40)22-28/h5-10,12-19,21-22,25,30-31,34H,4,11,20,23-24H2,1-3H3,(H2,42,46)(H,43,47). The normalized spacial score (nSPS) is 15.9. The molecule has 3 unspecified atom stereocenters. The van der Waals surface area contributed by atoms with Crippen LogP contribution >= 0.6 is 11.6 Å². The average Bonchev–Trinajstić information content (AvgIpc) is 3.18. The zero-order valence-electron chi connectivity index (χ0n) is 27.5. The lowest BCUT2D eigenvalue weighted by Gasteiger charge is -2.30. The molecule has 0 spiro atoms. The Balaban J connectivity index is 1.55. The van der Waals surface area contributed by atoms with Gasteiger partial charge in [-0.1, -0.05) is 93.4 Å². The Labute approximate surface area is 286 Å². The zero-order valence-corrected chi connectivity index (χ0v) is 28.3. The number of halogens is 2. The van der Waals surface area contributed by atoms with E-state index in [0.29, 0.717) is 24.9 Å². The molecule has 0 aromatic heterocycles. The first-order valence-electron chi connectivity index (χ1n) is 16.4. The molecule has 250 valence electrons. The number of carbonyl (C=O) groups excluding carboxylic acids is 3. The van der Waals surface area contributed by atoms with Gasteiger partial charge in [0.15, 0.2) is 0 Å². The first kappa shape index (κ1) is 34.6. The maximum atomic E-state index is 14.7. The number of hydrogen-bond acceptors (Lipinski definition) is 4. The molecule has 1 heterocycles. The molecule has 3 amide bonds. The Bertz CT molecular complexity index is 1770. The number of para-hydroxylation sites is 3. The summed E-state index contributed by atoms with van der Waals surface area (Å²) in [7, 11) is 0. The van der Waals surface area contributed by atoms with Crippen molar-refractivity contribution in [3.05, 3.63) is 113 Å². The van der Waals surface area contributed by atoms with Gasteiger partial charge < -0.3 is 20.9 Å². The third-order valence-corrected chi connectivity index (χ3v) is 9.10. The molecule has 0 saturated carbocycles. The molecular formula is C39H42ClFN4O3. The van der Waals surface area contributed by atoms with E-state index in [4.69, 9.17) is 17.3 Å². The van der Waals surface area contributed by atoms with Gasteiger partial charge >= 0.3 is 0 Å². The lowest BCUT2D eigenvalue weighted by Crippen LogP contribution is -2.54. The molecule has 5 rings (SSSR count). The van der Waals surface area contributed by atoms with E-state index in [1.807, 2.05) is 105 Å². The van der Waals surface area contributed by atoms with E-state index in [-0.39, 0.29) is 35.8 Å². The minimum Gasteiger partial charge on any atom is -0.369 e. The van der Waals surface area contributed by atoms with Crippen molar-refractivity contribution in [2.45, 2.75) is 52.6 Å². The lowest BCUT2D eigenvalue weighted by atomic mass is 9.81. The Morgan fingerprint density at radius 1 is 0.917 bits per heavy atom. The molecule has 3 N–H and O–H groups in total. The molecule has 4 aromatic rings. The predicted octanol–water partition coefficient (Wildman–Crippen LogP) is 7.88. The summed E-state index contributed by atoms with van der Waals surface area (Å²) in [5, 5.41) is 3.11. The lowest BCUT2D eigenvalue weighted by molar-refractivity contribution is -0.136. The van der Waals surface area contributed by atoms with Crippen molar-refractivity contribution < 1.29 is 18.8 Å². The monoisotopic (exact) mass is 668 g/mol. The molecule has 0 bridgehead atoms. The van der Waals surface area contributed by atoms with Crippen LogP contribution in [0.15, 0.2) is 97.1 Å². The highest BCUT2D eigenvalue weighted by Gasteiger charge is 2.39. The molecule has 0 aliphatic carbocycles. The van der Waals surface area contributed by atoms with Gasteiger partial charge in [-0.25, -0.2) is 4.39 Å². The highest BCUT2D eigenvalue weighted by Crippen LogP contribution is 2.38. The van der Waals surface area contributed by atoms with Gasteiger partial charge in [0.1, 0.15) is 11.9 Å². The number of carbonyl (C=O) groups is 3. The summed E-state index contributed by atoms with van der Waals surface area (Å²) in [6, 6.07) is 28.8. The quantitative estimate of drug-likeness (QED) is 0.161. The number of rotatable bonds is 12. The minimum atomic E-state index is -0.936. The fraction of sp³-hybridized carbons (Fsp3) is 0.308. The first-order chi connectivity index (χ1) is 23.1. The summed E-state index contributed by atoms with van der Waals surface area (Å²) in [6.07, 6.45) is 1.65. The Morgan fingerprint density at radius 3 is 2.27 bits per heavy atom. The minimum absolute atomic E-state index is 0.0300. The van der Waals surface area contributed by atoms with E-state index >= 15 is 0 Å². The van der Waals surface area contributed by atoms with Gasteiger partial charge in [0.05, 0.1) is 29.5 Å². The van der Waals surface area contributed by atoms with E-state index in [9.17, 15) is 18.8 Å². The average molecular weight is 669 g/mol. The van der Waals surface area contributed by atoms with Crippen LogP contribution in [-0.4, -0.2) is 30.3 Å². The number of benzene rings is 4. The maximum absolute atomic E-state index is 14.7. The third kappa shape index (κ3) is 7.88. The van der Waals surface area contributed by atoms with Crippen molar-refractivity contribution in [2.75, 3.05) is 16.3 Å². The number of fused-ring (bicyclic) bond motifs is 1. The molecule has 4 aromatic carbocycles. The molecule has 0 saturated heterocycles. The highest BCUT2D eigenvalue weighted by molar-refractivity contribution is 6.31. The van der Waals surface area contributed by atoms with Crippen LogP contribution in [0.3, 0.4) is 0 Å². The molecule has 48 heavy (non-hydrogen) atoms. The van der Waals surface area contributed by atoms with Crippen molar-refractivity contribution >= 4 is 46.4 Å². The fourth-order valence-corrected chi connectivity index (χ4v) is 6.69. The van der Waals surface area contributed by atoms with Crippen LogP contribution in [0, 0.1) is 23.6 Å². The molecular weight excluding hydrogens is 627 g/mol. The summed E-state index contributed by atoms with van der Waals surface area (Å²) < 4.78 is 13.9. The summed E-state index contributed by atoms with van der Waals surface area (Å²) in [4.78, 5) is 45.1. The summed E-state index contributed by atoms with van der Waals surface area (Å²) in [6.45, 7) is 6.36. The number of amides is 3. The van der Waals surface area contributed by atoms with Crippen molar-refractivity contribution in [3.63, 3.8) is 0 Å². The molecule has 1 aliphatic rings. The predicted molar refractivity (Wildman–Crippen MR) is 190 cm³/mol. The van der Waals surface area contributed by atoms with E-state index in [1.165, 1.54) is 6.07 Å². The zero-order chi connectivity index (χ0) is 34.4. The number of anilines is 3. The Morgan fingerprint density at radius 2 is 1.60 bits per heavy atom. The van der Waals surface area contributed by atoms with E-state index in [1.54, 1.807) is 17.0 Å². The van der Waals surface area contributed by atoms with Gasteiger partial charge in [0, 0.05) is 17.5 Å². The summed E-state index contributed by atoms with van der Waals surface area (Å²) in [5.41, 5.74) is 10.6. The van der Waals surface area contributed by atoms with Crippen molar-refractivity contribution in [2.24, 2.45) is 23.5 Å². The number of nitrogens with one attached hydrogen (secondary N) is 1. The smallest absolute Gasteiger partial charge is 0.251 e. The van der Waals surface area contributed by atoms with Crippen LogP contribution in [0.5, 0.6) is 0 Å². The van der Waals surface area contributed by atoms with Gasteiger partial charge in [-0.15, -0.1) is 0 Å². The van der Waals surface area contributed by atoms with Crippen LogP contribution in [0.1, 0.15) is 45.6 Å². The van der Waals surface area contributed by atoms with Crippen LogP contribution in [-0.2, 0) is 20.9 Å². The highest BCUT2D eigenvalue weighted by atomic mass is 35.5. The van der Waals surface area contributed by atoms with Gasteiger partial charge in [0.25, 0.3) is 5.91 Å². The van der Waals surface area contributed by atoms with Crippen LogP contribution in [0.4, 0.5) is 21.5 Å². The van der Waals surface area contributed by atoms with Gasteiger partial charge in [-0.05, 0) is 77.9 Å². The Kier molecular flexibility index (Phi) is 11.2. The van der Waals surface area contributed by atoms with Gasteiger partial charge in [-0.2, -0.15) is 0 Å². The first-order valence-corrected chi connectivity index (χ1v) is 16.8. The molecule has 0 radical (unpaired) electrons. The van der Waals surface area contributed by atoms with Crippen LogP contribution < -0.4 is 20.9 Å². The number of hydrogen-bond donors (Lipinski definition) is 2. The van der Waals surface area contributed by atoms with E-state index in [2.05, 4.69) is 5.32 Å². The van der Waals surface area contributed by atoms with E-state index in [0.717, 1.165) is 28.1 Å². The third-order valence-electron chi connectivity index (χ3n) is 8.81.